The monoisotopic (exact) mass is 455 g/mol. The molecule has 2 N–H and O–H groups in total. The topological polar surface area (TPSA) is 54.0 Å². The second-order valence-corrected chi connectivity index (χ2v) is 8.85. The third-order valence-corrected chi connectivity index (χ3v) is 6.46. The smallest absolute Gasteiger partial charge is 0.367 e. The van der Waals surface area contributed by atoms with E-state index in [1.165, 1.54) is 12.1 Å². The number of aromatic nitrogens is 1. The highest BCUT2D eigenvalue weighted by Gasteiger charge is 2.35. The van der Waals surface area contributed by atoms with Gasteiger partial charge in [-0.3, -0.25) is 4.79 Å². The highest BCUT2D eigenvalue weighted by molar-refractivity contribution is 5.83. The van der Waals surface area contributed by atoms with Crippen molar-refractivity contribution in [2.45, 2.75) is 57.8 Å². The molecule has 1 aliphatic rings. The Labute approximate surface area is 191 Å². The van der Waals surface area contributed by atoms with E-state index in [1.54, 1.807) is 13.0 Å². The van der Waals surface area contributed by atoms with Crippen molar-refractivity contribution in [3.63, 3.8) is 0 Å². The third-order valence-electron chi connectivity index (χ3n) is 6.46. The van der Waals surface area contributed by atoms with Crippen molar-refractivity contribution in [3.05, 3.63) is 71.3 Å². The minimum atomic E-state index is -4.45. The number of hydrogen-bond donors (Lipinski definition) is 2. The van der Waals surface area contributed by atoms with Crippen molar-refractivity contribution in [3.8, 4) is 0 Å². The lowest BCUT2D eigenvalue weighted by molar-refractivity contribution is -0.139. The second kappa shape index (κ2) is 9.41. The Kier molecular flexibility index (Phi) is 6.58. The van der Waals surface area contributed by atoms with Gasteiger partial charge in [-0.25, -0.2) is 4.98 Å². The van der Waals surface area contributed by atoms with E-state index in [2.05, 4.69) is 23.6 Å². The molecule has 174 valence electrons. The summed E-state index contributed by atoms with van der Waals surface area (Å²) in [6.07, 6.45) is -1.47. The minimum absolute atomic E-state index is 0.0893. The van der Waals surface area contributed by atoms with Gasteiger partial charge in [0.15, 0.2) is 0 Å². The predicted molar refractivity (Wildman–Crippen MR) is 124 cm³/mol. The lowest BCUT2D eigenvalue weighted by Crippen LogP contribution is -2.37. The molecule has 4 nitrogen and oxygen atoms in total. The molecule has 1 heterocycles. The number of nitrogens with zero attached hydrogens (tertiary/aromatic N) is 1. The van der Waals surface area contributed by atoms with Gasteiger partial charge in [0.05, 0.1) is 17.1 Å². The number of pyridine rings is 1. The van der Waals surface area contributed by atoms with E-state index in [-0.39, 0.29) is 23.4 Å². The Morgan fingerprint density at radius 2 is 1.70 bits per heavy atom. The fourth-order valence-corrected chi connectivity index (χ4v) is 4.67. The number of carbonyl (C=O) groups is 1. The Morgan fingerprint density at radius 3 is 2.42 bits per heavy atom. The molecule has 4 rings (SSSR count). The molecule has 0 radical (unpaired) electrons. The van der Waals surface area contributed by atoms with Crippen molar-refractivity contribution >= 4 is 22.6 Å². The zero-order valence-electron chi connectivity index (χ0n) is 18.7. The van der Waals surface area contributed by atoms with Crippen molar-refractivity contribution in [2.24, 2.45) is 5.92 Å². The SMILES string of the molecule is Cc1cc(N[C@H]2CC[C@@H](C(=O)N[C@H](C)c3ccccc3C(F)(F)F)CC2)nc2ccccc12. The fourth-order valence-electron chi connectivity index (χ4n) is 4.67. The molecular weight excluding hydrogens is 427 g/mol. The Balaban J connectivity index is 1.34. The average Bonchev–Trinajstić information content (AvgIpc) is 2.79. The van der Waals surface area contributed by atoms with E-state index in [1.807, 2.05) is 24.3 Å². The zero-order chi connectivity index (χ0) is 23.6. The van der Waals surface area contributed by atoms with Crippen LogP contribution in [-0.4, -0.2) is 16.9 Å². The molecule has 7 heteroatoms. The fraction of sp³-hybridized carbons (Fsp3) is 0.385. The number of nitrogens with one attached hydrogen (secondary N) is 2. The van der Waals surface area contributed by atoms with Crippen LogP contribution in [0.5, 0.6) is 0 Å². The summed E-state index contributed by atoms with van der Waals surface area (Å²) in [5.41, 5.74) is 1.49. The number of hydrogen-bond acceptors (Lipinski definition) is 3. The zero-order valence-corrected chi connectivity index (χ0v) is 18.7. The van der Waals surface area contributed by atoms with Crippen molar-refractivity contribution in [2.75, 3.05) is 5.32 Å². The maximum absolute atomic E-state index is 13.3. The van der Waals surface area contributed by atoms with Gasteiger partial charge in [-0.2, -0.15) is 13.2 Å². The number of fused-ring (bicyclic) bond motifs is 1. The van der Waals surface area contributed by atoms with Gasteiger partial charge in [0, 0.05) is 17.3 Å². The number of benzene rings is 2. The van der Waals surface area contributed by atoms with Crippen LogP contribution in [0, 0.1) is 12.8 Å². The third kappa shape index (κ3) is 5.29. The first-order valence-corrected chi connectivity index (χ1v) is 11.3. The van der Waals surface area contributed by atoms with Crippen molar-refractivity contribution in [1.82, 2.24) is 10.3 Å². The average molecular weight is 456 g/mol. The summed E-state index contributed by atoms with van der Waals surface area (Å²) in [5.74, 6) is 0.448. The first kappa shape index (κ1) is 23.1. The van der Waals surface area contributed by atoms with Gasteiger partial charge in [0.2, 0.25) is 5.91 Å². The highest BCUT2D eigenvalue weighted by Crippen LogP contribution is 2.35. The number of alkyl halides is 3. The van der Waals surface area contributed by atoms with Crippen LogP contribution in [0.2, 0.25) is 0 Å². The molecule has 1 aliphatic carbocycles. The molecule has 3 aromatic rings. The van der Waals surface area contributed by atoms with Gasteiger partial charge in [-0.05, 0) is 68.9 Å². The van der Waals surface area contributed by atoms with E-state index in [0.717, 1.165) is 41.2 Å². The van der Waals surface area contributed by atoms with Gasteiger partial charge in [-0.1, -0.05) is 36.4 Å². The maximum Gasteiger partial charge on any atom is 0.416 e. The molecule has 0 unspecified atom stereocenters. The first-order chi connectivity index (χ1) is 15.7. The number of halogens is 3. The van der Waals surface area contributed by atoms with Crippen LogP contribution < -0.4 is 10.6 Å². The molecule has 0 aliphatic heterocycles. The van der Waals surface area contributed by atoms with Crippen molar-refractivity contribution in [1.29, 1.82) is 0 Å². The summed E-state index contributed by atoms with van der Waals surface area (Å²) in [6.45, 7) is 3.66. The van der Waals surface area contributed by atoms with Crippen LogP contribution in [0.3, 0.4) is 0 Å². The van der Waals surface area contributed by atoms with Gasteiger partial charge in [-0.15, -0.1) is 0 Å². The molecule has 1 saturated carbocycles. The molecular formula is C26H28F3N3O. The molecule has 1 amide bonds. The summed E-state index contributed by atoms with van der Waals surface area (Å²) in [7, 11) is 0. The number of para-hydroxylation sites is 1. The van der Waals surface area contributed by atoms with Crippen LogP contribution in [0.15, 0.2) is 54.6 Å². The number of aryl methyl sites for hydroxylation is 1. The predicted octanol–water partition coefficient (Wildman–Crippen LogP) is 6.41. The maximum atomic E-state index is 13.3. The molecule has 1 fully saturated rings. The number of rotatable bonds is 5. The number of carbonyl (C=O) groups excluding carboxylic acids is 1. The summed E-state index contributed by atoms with van der Waals surface area (Å²) in [6, 6.07) is 15.0. The Hall–Kier alpha value is -3.09. The van der Waals surface area contributed by atoms with Crippen LogP contribution in [-0.2, 0) is 11.0 Å². The first-order valence-electron chi connectivity index (χ1n) is 11.3. The summed E-state index contributed by atoms with van der Waals surface area (Å²) in [4.78, 5) is 17.5. The van der Waals surface area contributed by atoms with E-state index >= 15 is 0 Å². The lowest BCUT2D eigenvalue weighted by atomic mass is 9.85. The molecule has 0 saturated heterocycles. The quantitative estimate of drug-likeness (QED) is 0.467. The minimum Gasteiger partial charge on any atom is -0.367 e. The Morgan fingerprint density at radius 1 is 1.03 bits per heavy atom. The van der Waals surface area contributed by atoms with E-state index in [4.69, 9.17) is 4.98 Å². The standard InChI is InChI=1S/C26H28F3N3O/c1-16-15-24(32-23-10-6-4-7-20(16)23)31-19-13-11-18(12-14-19)25(33)30-17(2)21-8-3-5-9-22(21)26(27,28)29/h3-10,15,17-19H,11-14H2,1-2H3,(H,30,33)(H,31,32)/t17-,18-,19+/m1/s1. The molecule has 2 aromatic carbocycles. The number of anilines is 1. The normalized spacial score (nSPS) is 19.8. The highest BCUT2D eigenvalue weighted by atomic mass is 19.4. The van der Waals surface area contributed by atoms with Gasteiger partial charge in [0.1, 0.15) is 5.82 Å². The summed E-state index contributed by atoms with van der Waals surface area (Å²) >= 11 is 0. The van der Waals surface area contributed by atoms with Gasteiger partial charge < -0.3 is 10.6 Å². The molecule has 0 bridgehead atoms. The van der Waals surface area contributed by atoms with Crippen LogP contribution in [0.4, 0.5) is 19.0 Å². The molecule has 33 heavy (non-hydrogen) atoms. The molecule has 1 aromatic heterocycles. The van der Waals surface area contributed by atoms with Gasteiger partial charge >= 0.3 is 6.18 Å². The summed E-state index contributed by atoms with van der Waals surface area (Å²) in [5, 5.41) is 7.42. The van der Waals surface area contributed by atoms with Crippen LogP contribution in [0.1, 0.15) is 55.3 Å². The van der Waals surface area contributed by atoms with Crippen molar-refractivity contribution < 1.29 is 18.0 Å². The lowest BCUT2D eigenvalue weighted by Gasteiger charge is -2.30. The summed E-state index contributed by atoms with van der Waals surface area (Å²) < 4.78 is 39.9. The Bertz CT molecular complexity index is 1140. The second-order valence-electron chi connectivity index (χ2n) is 8.85. The number of amides is 1. The largest absolute Gasteiger partial charge is 0.416 e. The van der Waals surface area contributed by atoms with E-state index in [9.17, 15) is 18.0 Å². The van der Waals surface area contributed by atoms with Crippen LogP contribution in [0.25, 0.3) is 10.9 Å². The van der Waals surface area contributed by atoms with Crippen LogP contribution >= 0.6 is 0 Å². The van der Waals surface area contributed by atoms with E-state index in [0.29, 0.717) is 12.8 Å². The van der Waals surface area contributed by atoms with E-state index < -0.39 is 17.8 Å². The molecule has 0 spiro atoms. The molecule has 1 atom stereocenters. The van der Waals surface area contributed by atoms with Gasteiger partial charge in [0.25, 0.3) is 0 Å².